The van der Waals surface area contributed by atoms with Gasteiger partial charge in [-0.05, 0) is 48.2 Å². The number of anilines is 1. The molecule has 3 aromatic rings. The summed E-state index contributed by atoms with van der Waals surface area (Å²) in [6.07, 6.45) is -1.67. The molecule has 3 aromatic carbocycles. The molecule has 0 aliphatic carbocycles. The number of halogens is 5. The van der Waals surface area contributed by atoms with E-state index in [1.165, 1.54) is 19.2 Å². The summed E-state index contributed by atoms with van der Waals surface area (Å²) < 4.78 is 83.5. The molecule has 12 nitrogen and oxygen atoms in total. The molecule has 0 saturated heterocycles. The van der Waals surface area contributed by atoms with Gasteiger partial charge in [-0.15, -0.1) is 0 Å². The number of carbonyl (C=O) groups is 5. The third-order valence-corrected chi connectivity index (χ3v) is 7.88. The number of para-hydroxylation sites is 1. The Morgan fingerprint density at radius 2 is 1.53 bits per heavy atom. The molecular weight excluding hydrogens is 665 g/mol. The number of hydrogen-bond donors (Lipinski definition) is 3. The third-order valence-electron chi connectivity index (χ3n) is 7.88. The first-order valence-corrected chi connectivity index (χ1v) is 14.6. The summed E-state index contributed by atoms with van der Waals surface area (Å²) in [6, 6.07) is 6.71. The first-order chi connectivity index (χ1) is 23.3. The van der Waals surface area contributed by atoms with Crippen molar-refractivity contribution in [2.75, 3.05) is 18.6 Å². The van der Waals surface area contributed by atoms with Gasteiger partial charge in [-0.25, -0.2) is 18.0 Å². The molecule has 2 aliphatic heterocycles. The van der Waals surface area contributed by atoms with E-state index in [1.807, 2.05) is 0 Å². The van der Waals surface area contributed by atoms with Crippen LogP contribution in [0.5, 0.6) is 17.2 Å². The minimum Gasteiger partial charge on any atom is -0.497 e. The average molecular weight is 692 g/mol. The maximum atomic E-state index is 14.0. The summed E-state index contributed by atoms with van der Waals surface area (Å²) in [6.45, 7) is -1.39. The highest BCUT2D eigenvalue weighted by Crippen LogP contribution is 2.39. The fourth-order valence-corrected chi connectivity index (χ4v) is 5.54. The first kappa shape index (κ1) is 34.6. The Balaban J connectivity index is 1.33. The van der Waals surface area contributed by atoms with Gasteiger partial charge in [-0.3, -0.25) is 24.1 Å². The van der Waals surface area contributed by atoms with Crippen molar-refractivity contribution in [3.63, 3.8) is 0 Å². The molecule has 0 saturated carbocycles. The van der Waals surface area contributed by atoms with E-state index >= 15 is 0 Å². The fraction of sp³-hybridized carbons (Fsp3) is 0.281. The third kappa shape index (κ3) is 7.09. The molecule has 49 heavy (non-hydrogen) atoms. The van der Waals surface area contributed by atoms with Gasteiger partial charge in [-0.2, -0.15) is 8.78 Å². The van der Waals surface area contributed by atoms with Gasteiger partial charge in [0.05, 0.1) is 19.2 Å². The molecular formula is C32H26F5N3O9. The topological polar surface area (TPSA) is 161 Å². The molecule has 0 fully saturated rings. The van der Waals surface area contributed by atoms with Crippen LogP contribution >= 0.6 is 0 Å². The molecule has 3 N–H and O–H groups in total. The zero-order chi connectivity index (χ0) is 35.6. The van der Waals surface area contributed by atoms with Crippen molar-refractivity contribution in [3.05, 3.63) is 82.7 Å². The predicted molar refractivity (Wildman–Crippen MR) is 157 cm³/mol. The van der Waals surface area contributed by atoms with Gasteiger partial charge >= 0.3 is 12.1 Å². The second kappa shape index (κ2) is 14.2. The number of carboxylic acids is 1. The van der Waals surface area contributed by atoms with Crippen molar-refractivity contribution >= 4 is 35.3 Å². The lowest BCUT2D eigenvalue weighted by atomic mass is 10.0. The van der Waals surface area contributed by atoms with E-state index in [-0.39, 0.29) is 18.6 Å². The standard InChI is InChI=1S/C32H26F5N3O9/c1-47-16-6-8-17(9-7-16)49-32(46)39-18-10-5-14-3-2-4-15-11-20(40(28(14)15)31(18)45)30(44)38-19(12-22(42)43)21(41)13-48-29-26(36)24(34)23(33)25(35)27(29)37/h2-4,6-9,18-20H,5,10-13H2,1H3,(H,38,44)(H,39,46)(H,42,43). The number of aryl methyl sites for hydroxylation is 1. The number of ketones is 1. The minimum absolute atomic E-state index is 0.0706. The number of nitrogens with zero attached hydrogens (tertiary/aromatic N) is 1. The number of Topliss-reactive ketones (excluding diaryl/α,β-unsaturated/α-hetero) is 1. The molecule has 2 heterocycles. The SMILES string of the molecule is COc1ccc(OC(=O)NC2CCc3cccc4c3N(C2=O)C(C(=O)NC(CC(=O)O)C(=O)COc2c(F)c(F)c(F)c(F)c2F)C4)cc1. The predicted octanol–water partition coefficient (Wildman–Crippen LogP) is 3.36. The molecule has 258 valence electrons. The number of rotatable bonds is 11. The first-order valence-electron chi connectivity index (χ1n) is 14.6. The van der Waals surface area contributed by atoms with E-state index < -0.39 is 95.6 Å². The van der Waals surface area contributed by atoms with E-state index in [4.69, 9.17) is 9.47 Å². The lowest BCUT2D eigenvalue weighted by Gasteiger charge is -2.28. The van der Waals surface area contributed by atoms with Gasteiger partial charge in [0.1, 0.15) is 36.2 Å². The molecule has 0 bridgehead atoms. The molecule has 3 atom stereocenters. The number of methoxy groups -OCH3 is 1. The van der Waals surface area contributed by atoms with Gasteiger partial charge in [0, 0.05) is 6.42 Å². The highest BCUT2D eigenvalue weighted by molar-refractivity contribution is 6.08. The largest absolute Gasteiger partial charge is 0.497 e. The van der Waals surface area contributed by atoms with Gasteiger partial charge in [0.15, 0.2) is 11.5 Å². The lowest BCUT2D eigenvalue weighted by molar-refractivity contribution is -0.140. The second-order valence-corrected chi connectivity index (χ2v) is 11.0. The summed E-state index contributed by atoms with van der Waals surface area (Å²) in [4.78, 5) is 65.9. The number of aliphatic carboxylic acids is 1. The van der Waals surface area contributed by atoms with Gasteiger partial charge in [-0.1, -0.05) is 18.2 Å². The number of nitrogens with one attached hydrogen (secondary N) is 2. The summed E-state index contributed by atoms with van der Waals surface area (Å²) in [5, 5.41) is 14.1. The quantitative estimate of drug-likeness (QED) is 0.156. The molecule has 0 aromatic heterocycles. The fourth-order valence-electron chi connectivity index (χ4n) is 5.54. The van der Waals surface area contributed by atoms with Crippen molar-refractivity contribution in [2.45, 2.75) is 43.8 Å². The zero-order valence-corrected chi connectivity index (χ0v) is 25.4. The Kier molecular flexibility index (Phi) is 10.0. The minimum atomic E-state index is -2.46. The Labute approximate surface area is 273 Å². The van der Waals surface area contributed by atoms with Crippen LogP contribution in [0.1, 0.15) is 24.0 Å². The highest BCUT2D eigenvalue weighted by atomic mass is 19.2. The Hall–Kier alpha value is -5.74. The molecule has 5 rings (SSSR count). The summed E-state index contributed by atoms with van der Waals surface area (Å²) in [7, 11) is 1.46. The van der Waals surface area contributed by atoms with E-state index in [0.29, 0.717) is 29.0 Å². The number of carboxylic acid groups (broad SMARTS) is 1. The van der Waals surface area contributed by atoms with Crippen LogP contribution in [0.25, 0.3) is 0 Å². The monoisotopic (exact) mass is 691 g/mol. The second-order valence-electron chi connectivity index (χ2n) is 11.0. The van der Waals surface area contributed by atoms with Crippen LogP contribution in [-0.2, 0) is 32.0 Å². The van der Waals surface area contributed by atoms with E-state index in [9.17, 15) is 51.0 Å². The molecule has 0 spiro atoms. The van der Waals surface area contributed by atoms with Crippen LogP contribution in [0.2, 0.25) is 0 Å². The van der Waals surface area contributed by atoms with E-state index in [1.54, 1.807) is 30.3 Å². The van der Waals surface area contributed by atoms with Crippen LogP contribution < -0.4 is 29.7 Å². The smallest absolute Gasteiger partial charge is 0.413 e. The van der Waals surface area contributed by atoms with E-state index in [2.05, 4.69) is 15.4 Å². The van der Waals surface area contributed by atoms with Crippen LogP contribution in [0.15, 0.2) is 42.5 Å². The molecule has 17 heteroatoms. The van der Waals surface area contributed by atoms with Crippen molar-refractivity contribution in [3.8, 4) is 17.2 Å². The maximum absolute atomic E-state index is 14.0. The number of ether oxygens (including phenoxy) is 3. The normalized spacial score (nSPS) is 17.0. The summed E-state index contributed by atoms with van der Waals surface area (Å²) >= 11 is 0. The lowest BCUT2D eigenvalue weighted by Crippen LogP contribution is -2.57. The Morgan fingerprint density at radius 1 is 0.918 bits per heavy atom. The Morgan fingerprint density at radius 3 is 2.16 bits per heavy atom. The molecule has 3 unspecified atom stereocenters. The molecule has 2 aliphatic rings. The maximum Gasteiger partial charge on any atom is 0.413 e. The van der Waals surface area contributed by atoms with E-state index in [0.717, 1.165) is 4.90 Å². The average Bonchev–Trinajstić information content (AvgIpc) is 3.42. The van der Waals surface area contributed by atoms with Crippen LogP contribution in [0.4, 0.5) is 32.4 Å². The van der Waals surface area contributed by atoms with Crippen molar-refractivity contribution < 1.29 is 65.2 Å². The number of amides is 3. The van der Waals surface area contributed by atoms with Crippen LogP contribution in [0.3, 0.4) is 0 Å². The molecule has 0 radical (unpaired) electrons. The number of carbonyl (C=O) groups excluding carboxylic acids is 4. The number of hydrogen-bond acceptors (Lipinski definition) is 8. The Bertz CT molecular complexity index is 1810. The van der Waals surface area contributed by atoms with Crippen molar-refractivity contribution in [1.82, 2.24) is 10.6 Å². The van der Waals surface area contributed by atoms with Crippen LogP contribution in [-0.4, -0.2) is 66.6 Å². The van der Waals surface area contributed by atoms with Gasteiger partial charge in [0.2, 0.25) is 40.9 Å². The zero-order valence-electron chi connectivity index (χ0n) is 25.4. The summed E-state index contributed by atoms with van der Waals surface area (Å²) in [5.41, 5.74) is 1.64. The van der Waals surface area contributed by atoms with Gasteiger partial charge < -0.3 is 30.0 Å². The summed E-state index contributed by atoms with van der Waals surface area (Å²) in [5.74, 6) is -17.6. The van der Waals surface area contributed by atoms with Gasteiger partial charge in [0.25, 0.3) is 0 Å². The molecule has 3 amide bonds. The van der Waals surface area contributed by atoms with Crippen molar-refractivity contribution in [1.29, 1.82) is 0 Å². The number of benzene rings is 3. The van der Waals surface area contributed by atoms with Crippen molar-refractivity contribution in [2.24, 2.45) is 0 Å². The van der Waals surface area contributed by atoms with Crippen LogP contribution in [0, 0.1) is 29.1 Å². The highest BCUT2D eigenvalue weighted by Gasteiger charge is 2.45.